The first-order valence-electron chi connectivity index (χ1n) is 6.23. The van der Waals surface area contributed by atoms with Gasteiger partial charge in [-0.2, -0.15) is 0 Å². The van der Waals surface area contributed by atoms with Gasteiger partial charge in [-0.25, -0.2) is 5.43 Å². The van der Waals surface area contributed by atoms with Gasteiger partial charge < -0.3 is 10.2 Å². The molecule has 1 saturated heterocycles. The molecule has 0 bridgehead atoms. The summed E-state index contributed by atoms with van der Waals surface area (Å²) in [7, 11) is 0. The predicted molar refractivity (Wildman–Crippen MR) is 73.5 cm³/mol. The van der Waals surface area contributed by atoms with E-state index in [9.17, 15) is 4.79 Å². The van der Waals surface area contributed by atoms with Crippen LogP contribution < -0.4 is 10.9 Å². The maximum absolute atomic E-state index is 12.5. The molecule has 19 heavy (non-hydrogen) atoms. The van der Waals surface area contributed by atoms with Gasteiger partial charge in [-0.05, 0) is 31.5 Å². The molecular weight excluding hydrogens is 264 g/mol. The van der Waals surface area contributed by atoms with E-state index in [1.807, 2.05) is 38.1 Å². The third-order valence-electron chi connectivity index (χ3n) is 3.79. The van der Waals surface area contributed by atoms with Crippen molar-refractivity contribution in [2.24, 2.45) is 0 Å². The third-order valence-corrected chi connectivity index (χ3v) is 4.04. The molecule has 0 aromatic heterocycles. The topological polar surface area (TPSA) is 53.7 Å². The van der Waals surface area contributed by atoms with Gasteiger partial charge in [-0.3, -0.25) is 4.79 Å². The van der Waals surface area contributed by atoms with Crippen molar-refractivity contribution >= 4 is 23.0 Å². The van der Waals surface area contributed by atoms with Crippen LogP contribution in [0.25, 0.3) is 5.57 Å². The molecule has 100 valence electrons. The Hall–Kier alpha value is -1.36. The number of epoxide rings is 1. The Bertz CT molecular complexity index is 567. The van der Waals surface area contributed by atoms with Gasteiger partial charge in [0.05, 0.1) is 6.10 Å². The zero-order valence-corrected chi connectivity index (χ0v) is 11.5. The van der Waals surface area contributed by atoms with E-state index >= 15 is 0 Å². The summed E-state index contributed by atoms with van der Waals surface area (Å²) in [6.45, 7) is 4.34. The van der Waals surface area contributed by atoms with Crippen LogP contribution in [0.3, 0.4) is 0 Å². The molecule has 1 aromatic rings. The molecule has 0 saturated carbocycles. The Balaban J connectivity index is 1.96. The molecule has 2 N–H and O–H groups in total. The zero-order valence-electron chi connectivity index (χ0n) is 10.8. The van der Waals surface area contributed by atoms with Crippen LogP contribution in [0.1, 0.15) is 19.4 Å². The molecule has 4 nitrogen and oxygen atoms in total. The monoisotopic (exact) mass is 278 g/mol. The zero-order chi connectivity index (χ0) is 13.6. The molecule has 0 spiro atoms. The summed E-state index contributed by atoms with van der Waals surface area (Å²) in [6.07, 6.45) is -0.0265. The number of rotatable bonds is 3. The van der Waals surface area contributed by atoms with Crippen LogP contribution in [0.2, 0.25) is 5.02 Å². The highest BCUT2D eigenvalue weighted by Crippen LogP contribution is 2.39. The Morgan fingerprint density at radius 1 is 1.42 bits per heavy atom. The van der Waals surface area contributed by atoms with E-state index in [-0.39, 0.29) is 11.9 Å². The molecule has 0 amide bonds. The van der Waals surface area contributed by atoms with Crippen LogP contribution in [0, 0.1) is 0 Å². The van der Waals surface area contributed by atoms with E-state index in [4.69, 9.17) is 16.3 Å². The average molecular weight is 279 g/mol. The van der Waals surface area contributed by atoms with Gasteiger partial charge in [-0.15, -0.1) is 0 Å². The number of carbonyl (C=O) groups is 1. The maximum atomic E-state index is 12.5. The first kappa shape index (κ1) is 12.7. The highest BCUT2D eigenvalue weighted by molar-refractivity contribution is 6.30. The quantitative estimate of drug-likeness (QED) is 0.830. The highest BCUT2D eigenvalue weighted by Gasteiger charge is 2.56. The molecule has 5 heteroatoms. The molecule has 2 aliphatic rings. The smallest absolute Gasteiger partial charge is 0.214 e. The van der Waals surface area contributed by atoms with E-state index in [0.29, 0.717) is 17.3 Å². The van der Waals surface area contributed by atoms with Gasteiger partial charge in [-0.1, -0.05) is 23.7 Å². The lowest BCUT2D eigenvalue weighted by atomic mass is 9.95. The van der Waals surface area contributed by atoms with E-state index in [0.717, 1.165) is 11.1 Å². The second-order valence-electron chi connectivity index (χ2n) is 5.04. The third kappa shape index (κ3) is 2.06. The summed E-state index contributed by atoms with van der Waals surface area (Å²) in [4.78, 5) is 12.5. The van der Waals surface area contributed by atoms with Crippen molar-refractivity contribution in [2.45, 2.75) is 25.6 Å². The largest absolute Gasteiger partial charge is 0.358 e. The minimum Gasteiger partial charge on any atom is -0.358 e. The lowest BCUT2D eigenvalue weighted by Gasteiger charge is -2.09. The van der Waals surface area contributed by atoms with Crippen molar-refractivity contribution in [1.29, 1.82) is 0 Å². The summed E-state index contributed by atoms with van der Waals surface area (Å²) >= 11 is 5.88. The fourth-order valence-electron chi connectivity index (χ4n) is 2.30. The van der Waals surface area contributed by atoms with Crippen molar-refractivity contribution in [3.63, 3.8) is 0 Å². The molecule has 2 heterocycles. The summed E-state index contributed by atoms with van der Waals surface area (Å²) in [5.41, 5.74) is 7.79. The Morgan fingerprint density at radius 3 is 2.63 bits per heavy atom. The van der Waals surface area contributed by atoms with Gasteiger partial charge in [0, 0.05) is 17.1 Å². The summed E-state index contributed by atoms with van der Waals surface area (Å²) in [5.74, 6) is -0.00468. The number of Topliss-reactive ketones (excluding diaryl/α,β-unsaturated/α-hetero) is 1. The number of benzene rings is 1. The molecule has 2 atom stereocenters. The van der Waals surface area contributed by atoms with Gasteiger partial charge in [0.25, 0.3) is 0 Å². The fraction of sp³-hybridized carbons (Fsp3) is 0.357. The van der Waals surface area contributed by atoms with Crippen LogP contribution in [0.15, 0.2) is 30.0 Å². The van der Waals surface area contributed by atoms with Gasteiger partial charge in [0.15, 0.2) is 5.60 Å². The molecule has 3 rings (SSSR count). The minimum atomic E-state index is -0.688. The molecule has 1 fully saturated rings. The van der Waals surface area contributed by atoms with Crippen molar-refractivity contribution in [3.05, 3.63) is 40.5 Å². The first-order valence-corrected chi connectivity index (χ1v) is 6.61. The van der Waals surface area contributed by atoms with E-state index in [2.05, 4.69) is 10.9 Å². The maximum Gasteiger partial charge on any atom is 0.214 e. The Kier molecular flexibility index (Phi) is 2.89. The molecule has 2 aliphatic heterocycles. The van der Waals surface area contributed by atoms with Gasteiger partial charge in [0.1, 0.15) is 5.70 Å². The van der Waals surface area contributed by atoms with Crippen molar-refractivity contribution in [1.82, 2.24) is 10.9 Å². The van der Waals surface area contributed by atoms with Crippen LogP contribution in [0.5, 0.6) is 0 Å². The molecule has 1 aromatic carbocycles. The van der Waals surface area contributed by atoms with Crippen LogP contribution in [-0.2, 0) is 9.53 Å². The van der Waals surface area contributed by atoms with E-state index in [1.54, 1.807) is 0 Å². The lowest BCUT2D eigenvalue weighted by Crippen LogP contribution is -2.33. The van der Waals surface area contributed by atoms with Crippen LogP contribution >= 0.6 is 11.6 Å². The second kappa shape index (κ2) is 4.34. The number of hydrogen-bond acceptors (Lipinski definition) is 4. The van der Waals surface area contributed by atoms with E-state index in [1.165, 1.54) is 0 Å². The number of halogens is 1. The summed E-state index contributed by atoms with van der Waals surface area (Å²) in [5, 5.41) is 0.683. The summed E-state index contributed by atoms with van der Waals surface area (Å²) in [6, 6.07) is 7.48. The van der Waals surface area contributed by atoms with Crippen LogP contribution in [0.4, 0.5) is 0 Å². The molecule has 0 unspecified atom stereocenters. The number of hydrazine groups is 1. The Morgan fingerprint density at radius 2 is 2.05 bits per heavy atom. The second-order valence-corrected chi connectivity index (χ2v) is 5.47. The van der Waals surface area contributed by atoms with Gasteiger partial charge >= 0.3 is 0 Å². The number of carbonyl (C=O) groups excluding carboxylic acids is 1. The molecular formula is C14H15ClN2O2. The lowest BCUT2D eigenvalue weighted by molar-refractivity contribution is -0.120. The fourth-order valence-corrected chi connectivity index (χ4v) is 2.42. The van der Waals surface area contributed by atoms with Crippen molar-refractivity contribution in [2.75, 3.05) is 6.54 Å². The number of hydrogen-bond donors (Lipinski definition) is 2. The number of ketones is 1. The van der Waals surface area contributed by atoms with Crippen molar-refractivity contribution in [3.8, 4) is 0 Å². The first-order chi connectivity index (χ1) is 9.02. The highest BCUT2D eigenvalue weighted by atomic mass is 35.5. The van der Waals surface area contributed by atoms with Crippen LogP contribution in [-0.4, -0.2) is 24.0 Å². The SMILES string of the molecule is C[C@@H]1O[C@@]1(C)C(=O)C1=C(c2ccc(Cl)cc2)CNN1. The predicted octanol–water partition coefficient (Wildman–Crippen LogP) is 1.91. The normalized spacial score (nSPS) is 29.3. The standard InChI is InChI=1S/C14H15ClN2O2/c1-8-14(2,19-8)13(18)12-11(7-16-17-12)9-3-5-10(15)6-4-9/h3-6,8,16-17H,7H2,1-2H3/t8-,14+/m0/s1. The number of nitrogens with one attached hydrogen (secondary N) is 2. The average Bonchev–Trinajstić information content (AvgIpc) is 2.82. The minimum absolute atomic E-state index is 0.00468. The van der Waals surface area contributed by atoms with Gasteiger partial charge in [0.2, 0.25) is 5.78 Å². The van der Waals surface area contributed by atoms with Crippen molar-refractivity contribution < 1.29 is 9.53 Å². The van der Waals surface area contributed by atoms with E-state index < -0.39 is 5.60 Å². The number of ether oxygens (including phenoxy) is 1. The molecule has 0 radical (unpaired) electrons. The Labute approximate surface area is 116 Å². The molecule has 0 aliphatic carbocycles. The summed E-state index contributed by atoms with van der Waals surface area (Å²) < 4.78 is 5.41.